The Bertz CT molecular complexity index is 1850. The predicted molar refractivity (Wildman–Crippen MR) is 169 cm³/mol. The number of halogens is 8. The Kier molecular flexibility index (Phi) is 18.2. The van der Waals surface area contributed by atoms with Gasteiger partial charge in [0, 0.05) is 29.8 Å². The molecule has 4 aromatic rings. The number of aliphatic hydroxyl groups is 1. The molecule has 0 spiro atoms. The van der Waals surface area contributed by atoms with Crippen molar-refractivity contribution in [1.29, 1.82) is 0 Å². The van der Waals surface area contributed by atoms with Crippen LogP contribution in [0.4, 0.5) is 37.7 Å². The van der Waals surface area contributed by atoms with Crippen molar-refractivity contribution in [3.8, 4) is 0 Å². The van der Waals surface area contributed by atoms with Crippen LogP contribution in [0.5, 0.6) is 0 Å². The summed E-state index contributed by atoms with van der Waals surface area (Å²) in [6.45, 7) is 4.16. The molecule has 259 valence electrons. The average Bonchev–Trinajstić information content (AvgIpc) is 2.99. The molecule has 0 atom stereocenters. The zero-order valence-electron chi connectivity index (χ0n) is 27.6. The number of aliphatic hydroxyl groups excluding tert-OH is 1. The standard InChI is InChI=1S/C15H12ClF3N2O2.C15H12ClF3N2O.CO2.B.Li.H/c1-8-11(3-5-13(20-8)15(17,18)19)14(23)21-10-2-4-12(16)9(6-10)7-22;1-8-7-10(3-5-12(8)16)21-14(22)11-4-6-13(15(17,18)19)20-9(11)2;2-1-3;;;/h2-6,22H,7H2,1H3,(H,21,23);3-7H,1-2H3,(H,21,22);;;;/q;;;;+1;-1. The summed E-state index contributed by atoms with van der Waals surface area (Å²) in [6, 6.07) is 13.1. The Labute approximate surface area is 307 Å². The second-order valence-electron chi connectivity index (χ2n) is 9.57. The van der Waals surface area contributed by atoms with Gasteiger partial charge in [-0.15, -0.1) is 0 Å². The van der Waals surface area contributed by atoms with Crippen LogP contribution in [0.15, 0.2) is 60.7 Å². The summed E-state index contributed by atoms with van der Waals surface area (Å²) >= 11 is 11.7. The number of carbonyl (C=O) groups excluding carboxylic acids is 4. The first-order chi connectivity index (χ1) is 22.3. The van der Waals surface area contributed by atoms with Crippen LogP contribution in [0, 0.1) is 20.8 Å². The molecule has 4 rings (SSSR count). The smallest absolute Gasteiger partial charge is 1.00 e. The third-order valence-corrected chi connectivity index (χ3v) is 6.92. The van der Waals surface area contributed by atoms with E-state index in [0.717, 1.165) is 29.8 Å². The van der Waals surface area contributed by atoms with Crippen molar-refractivity contribution in [3.63, 3.8) is 0 Å². The van der Waals surface area contributed by atoms with E-state index in [2.05, 4.69) is 20.6 Å². The number of hydrogen-bond acceptors (Lipinski definition) is 7. The molecule has 2 amide bonds. The largest absolute Gasteiger partial charge is 1.00 e. The molecule has 50 heavy (non-hydrogen) atoms. The number of pyridine rings is 2. The fourth-order valence-electron chi connectivity index (χ4n) is 3.81. The topological polar surface area (TPSA) is 138 Å². The van der Waals surface area contributed by atoms with Gasteiger partial charge in [-0.1, -0.05) is 23.2 Å². The summed E-state index contributed by atoms with van der Waals surface area (Å²) < 4.78 is 75.4. The van der Waals surface area contributed by atoms with E-state index in [-0.39, 0.29) is 64.0 Å². The number of rotatable bonds is 5. The molecular weight excluding hydrogens is 711 g/mol. The first-order valence-electron chi connectivity index (χ1n) is 13.2. The maximum Gasteiger partial charge on any atom is 1.00 e. The van der Waals surface area contributed by atoms with Crippen LogP contribution in [-0.2, 0) is 28.5 Å². The van der Waals surface area contributed by atoms with Gasteiger partial charge in [0.15, 0.2) is 0 Å². The van der Waals surface area contributed by atoms with Gasteiger partial charge in [-0.05, 0) is 92.6 Å². The van der Waals surface area contributed by atoms with E-state index in [1.165, 1.54) is 32.0 Å². The van der Waals surface area contributed by atoms with Crippen LogP contribution in [0.2, 0.25) is 10.0 Å². The molecule has 0 saturated heterocycles. The Morgan fingerprint density at radius 2 is 1.12 bits per heavy atom. The van der Waals surface area contributed by atoms with Crippen molar-refractivity contribution >= 4 is 61.0 Å². The molecule has 3 radical (unpaired) electrons. The predicted octanol–water partition coefficient (Wildman–Crippen LogP) is 4.58. The number of benzene rings is 2. The quantitative estimate of drug-likeness (QED) is 0.202. The number of aromatic nitrogens is 2. The van der Waals surface area contributed by atoms with Gasteiger partial charge in [-0.3, -0.25) is 9.59 Å². The minimum atomic E-state index is -4.56. The van der Waals surface area contributed by atoms with E-state index in [0.29, 0.717) is 27.0 Å². The van der Waals surface area contributed by atoms with E-state index in [1.54, 1.807) is 25.1 Å². The minimum absolute atomic E-state index is 0. The first-order valence-corrected chi connectivity index (χ1v) is 13.9. The summed E-state index contributed by atoms with van der Waals surface area (Å²) in [4.78, 5) is 47.4. The number of carbonyl (C=O) groups is 2. The Morgan fingerprint density at radius 1 is 0.740 bits per heavy atom. The second-order valence-corrected chi connectivity index (χ2v) is 10.4. The molecule has 19 heteroatoms. The van der Waals surface area contributed by atoms with E-state index in [1.807, 2.05) is 0 Å². The number of hydrogen-bond donors (Lipinski definition) is 3. The number of aryl methyl sites for hydroxylation is 3. The molecule has 0 fully saturated rings. The number of nitrogens with zero attached hydrogens (tertiary/aromatic N) is 2. The number of amides is 2. The van der Waals surface area contributed by atoms with Crippen molar-refractivity contribution in [2.75, 3.05) is 10.6 Å². The van der Waals surface area contributed by atoms with Gasteiger partial charge in [0.25, 0.3) is 11.8 Å². The monoisotopic (exact) mass is 735 g/mol. The van der Waals surface area contributed by atoms with Gasteiger partial charge in [0.2, 0.25) is 0 Å². The maximum atomic E-state index is 12.6. The fourth-order valence-corrected chi connectivity index (χ4v) is 4.11. The number of nitrogens with one attached hydrogen (secondary N) is 2. The average molecular weight is 736 g/mol. The van der Waals surface area contributed by atoms with Gasteiger partial charge in [-0.25, -0.2) is 9.97 Å². The molecule has 9 nitrogen and oxygen atoms in total. The summed E-state index contributed by atoms with van der Waals surface area (Å²) in [6.07, 6.45) is -8.85. The Morgan fingerprint density at radius 3 is 1.46 bits per heavy atom. The third-order valence-electron chi connectivity index (χ3n) is 6.13. The van der Waals surface area contributed by atoms with E-state index in [9.17, 15) is 35.9 Å². The van der Waals surface area contributed by atoms with Crippen LogP contribution >= 0.6 is 23.2 Å². The zero-order chi connectivity index (χ0) is 36.4. The summed E-state index contributed by atoms with van der Waals surface area (Å²) in [7, 11) is 0. The maximum absolute atomic E-state index is 12.6. The van der Waals surface area contributed by atoms with Gasteiger partial charge in [0.05, 0.1) is 29.1 Å². The van der Waals surface area contributed by atoms with Crippen molar-refractivity contribution < 1.29 is 70.9 Å². The molecule has 0 aliphatic rings. The summed E-state index contributed by atoms with van der Waals surface area (Å²) in [5.74, 6) is -1.13. The molecule has 2 aromatic carbocycles. The van der Waals surface area contributed by atoms with Gasteiger partial charge in [0.1, 0.15) is 11.4 Å². The van der Waals surface area contributed by atoms with E-state index >= 15 is 0 Å². The van der Waals surface area contributed by atoms with Crippen LogP contribution in [0.25, 0.3) is 0 Å². The Balaban J connectivity index is 0. The van der Waals surface area contributed by atoms with Crippen molar-refractivity contribution in [3.05, 3.63) is 116 Å². The molecule has 0 aliphatic heterocycles. The second kappa shape index (κ2) is 19.9. The minimum Gasteiger partial charge on any atom is -1.00 e. The van der Waals surface area contributed by atoms with Crippen LogP contribution in [-0.4, -0.2) is 41.5 Å². The summed E-state index contributed by atoms with van der Waals surface area (Å²) in [5, 5.41) is 15.2. The summed E-state index contributed by atoms with van der Waals surface area (Å²) in [5.41, 5.74) is 0.0812. The molecule has 0 bridgehead atoms. The first kappa shape index (κ1) is 45.8. The molecule has 0 saturated carbocycles. The SMILES string of the molecule is Cc1cc(NC(=O)c2ccc(C(F)(F)F)nc2C)ccc1Cl.Cc1nc(C(F)(F)F)ccc1C(=O)Nc1ccc(Cl)c(CO)c1.O=C=O.[B].[H-].[Li+]. The van der Waals surface area contributed by atoms with Crippen LogP contribution in [0.3, 0.4) is 0 Å². The van der Waals surface area contributed by atoms with Gasteiger partial charge < -0.3 is 17.2 Å². The van der Waals surface area contributed by atoms with E-state index in [4.69, 9.17) is 37.9 Å². The Hall–Kier alpha value is -4.16. The van der Waals surface area contributed by atoms with Gasteiger partial charge in [-0.2, -0.15) is 35.9 Å². The van der Waals surface area contributed by atoms with Crippen molar-refractivity contribution in [2.45, 2.75) is 39.7 Å². The number of alkyl halides is 6. The molecule has 3 N–H and O–H groups in total. The molecular formula is C31H25BCl2F6LiN4O5. The van der Waals surface area contributed by atoms with Gasteiger partial charge >= 0.3 is 37.4 Å². The zero-order valence-corrected chi connectivity index (χ0v) is 28.1. The molecule has 0 unspecified atom stereocenters. The van der Waals surface area contributed by atoms with Crippen molar-refractivity contribution in [2.24, 2.45) is 0 Å². The molecule has 2 aromatic heterocycles. The van der Waals surface area contributed by atoms with Crippen LogP contribution < -0.4 is 29.5 Å². The molecule has 2 heterocycles. The fraction of sp³-hybridized carbons (Fsp3) is 0.194. The third kappa shape index (κ3) is 13.3. The van der Waals surface area contributed by atoms with Crippen LogP contribution in [0.1, 0.15) is 56.0 Å². The molecule has 0 aliphatic carbocycles. The van der Waals surface area contributed by atoms with Crippen molar-refractivity contribution in [1.82, 2.24) is 9.97 Å². The normalized spacial score (nSPS) is 10.4. The number of anilines is 2. The van der Waals surface area contributed by atoms with E-state index < -0.39 is 35.6 Å².